The molecule has 1 rings (SSSR count). The highest BCUT2D eigenvalue weighted by Crippen LogP contribution is 2.14. The lowest BCUT2D eigenvalue weighted by Crippen LogP contribution is -2.27. The maximum atomic E-state index is 13.2. The molecule has 0 atom stereocenters. The summed E-state index contributed by atoms with van der Waals surface area (Å²) < 4.78 is 13.2. The van der Waals surface area contributed by atoms with Gasteiger partial charge in [-0.2, -0.15) is 0 Å². The van der Waals surface area contributed by atoms with Crippen LogP contribution in [0.5, 0.6) is 0 Å². The predicted octanol–water partition coefficient (Wildman–Crippen LogP) is 1.79. The van der Waals surface area contributed by atoms with Crippen LogP contribution in [0.3, 0.4) is 0 Å². The Kier molecular flexibility index (Phi) is 4.87. The number of nitrogens with one attached hydrogen (secondary N) is 2. The minimum atomic E-state index is -0.194. The molecular weight excluding hydrogens is 203 g/mol. The number of halogens is 2. The van der Waals surface area contributed by atoms with Crippen molar-refractivity contribution in [2.45, 2.75) is 6.42 Å². The Morgan fingerprint density at radius 3 is 2.93 bits per heavy atom. The zero-order chi connectivity index (χ0) is 10.4. The lowest BCUT2D eigenvalue weighted by molar-refractivity contribution is 0.588. The Bertz CT molecular complexity index is 291. The summed E-state index contributed by atoms with van der Waals surface area (Å²) in [6, 6.07) is 4.62. The van der Waals surface area contributed by atoms with Crippen molar-refractivity contribution in [3.8, 4) is 0 Å². The van der Waals surface area contributed by atoms with E-state index in [-0.39, 0.29) is 5.82 Å². The fourth-order valence-electron chi connectivity index (χ4n) is 1.17. The van der Waals surface area contributed by atoms with E-state index >= 15 is 0 Å². The first-order valence-electron chi connectivity index (χ1n) is 4.53. The molecular formula is C10H14ClFN2. The number of benzene rings is 1. The van der Waals surface area contributed by atoms with Gasteiger partial charge < -0.3 is 10.6 Å². The van der Waals surface area contributed by atoms with Gasteiger partial charge in [0.25, 0.3) is 0 Å². The normalized spacial score (nSPS) is 10.5. The Balaban J connectivity index is 2.45. The molecule has 78 valence electrons. The van der Waals surface area contributed by atoms with Crippen molar-refractivity contribution in [3.05, 3.63) is 34.6 Å². The number of hydrogen-bond donors (Lipinski definition) is 2. The first kappa shape index (κ1) is 11.4. The van der Waals surface area contributed by atoms with Crippen LogP contribution in [-0.4, -0.2) is 20.3 Å². The second-order valence-corrected chi connectivity index (χ2v) is 3.45. The van der Waals surface area contributed by atoms with Gasteiger partial charge in [0.2, 0.25) is 0 Å². The number of hydrogen-bond acceptors (Lipinski definition) is 2. The standard InChI is InChI=1S/C10H14ClFN2/c1-13-7-14-5-4-8-6-9(11)2-3-10(8)12/h2-3,6,13-14H,4-5,7H2,1H3. The van der Waals surface area contributed by atoms with Crippen LogP contribution in [0.1, 0.15) is 5.56 Å². The second kappa shape index (κ2) is 5.96. The minimum absolute atomic E-state index is 0.194. The molecule has 0 aliphatic heterocycles. The topological polar surface area (TPSA) is 24.1 Å². The van der Waals surface area contributed by atoms with Crippen molar-refractivity contribution in [2.75, 3.05) is 20.3 Å². The van der Waals surface area contributed by atoms with Gasteiger partial charge in [0.1, 0.15) is 5.82 Å². The average molecular weight is 217 g/mol. The highest BCUT2D eigenvalue weighted by atomic mass is 35.5. The summed E-state index contributed by atoms with van der Waals surface area (Å²) in [7, 11) is 1.85. The Hall–Kier alpha value is -0.640. The van der Waals surface area contributed by atoms with Crippen molar-refractivity contribution >= 4 is 11.6 Å². The van der Waals surface area contributed by atoms with Crippen molar-refractivity contribution in [2.24, 2.45) is 0 Å². The largest absolute Gasteiger partial charge is 0.308 e. The molecule has 0 aromatic heterocycles. The van der Waals surface area contributed by atoms with Crippen LogP contribution in [0, 0.1) is 5.82 Å². The maximum Gasteiger partial charge on any atom is 0.126 e. The summed E-state index contributed by atoms with van der Waals surface area (Å²) in [5.74, 6) is -0.194. The van der Waals surface area contributed by atoms with Gasteiger partial charge in [0, 0.05) is 18.2 Å². The molecule has 2 nitrogen and oxygen atoms in total. The van der Waals surface area contributed by atoms with Gasteiger partial charge >= 0.3 is 0 Å². The molecule has 0 amide bonds. The van der Waals surface area contributed by atoms with Crippen molar-refractivity contribution in [3.63, 3.8) is 0 Å². The van der Waals surface area contributed by atoms with E-state index in [4.69, 9.17) is 11.6 Å². The predicted molar refractivity (Wildman–Crippen MR) is 57.0 cm³/mol. The van der Waals surface area contributed by atoms with Crippen LogP contribution >= 0.6 is 11.6 Å². The van der Waals surface area contributed by atoms with Crippen molar-refractivity contribution < 1.29 is 4.39 Å². The highest BCUT2D eigenvalue weighted by Gasteiger charge is 2.01. The summed E-state index contributed by atoms with van der Waals surface area (Å²) in [6.07, 6.45) is 0.647. The van der Waals surface area contributed by atoms with Crippen LogP contribution in [-0.2, 0) is 6.42 Å². The Labute approximate surface area is 88.5 Å². The maximum absolute atomic E-state index is 13.2. The molecule has 1 aromatic carbocycles. The summed E-state index contributed by atoms with van der Waals surface area (Å²) in [6.45, 7) is 1.46. The zero-order valence-electron chi connectivity index (χ0n) is 8.11. The Morgan fingerprint density at radius 1 is 1.43 bits per heavy atom. The molecule has 0 heterocycles. The quantitative estimate of drug-likeness (QED) is 0.579. The molecule has 14 heavy (non-hydrogen) atoms. The van der Waals surface area contributed by atoms with Gasteiger partial charge in [-0.1, -0.05) is 11.6 Å². The van der Waals surface area contributed by atoms with Crippen LogP contribution in [0.2, 0.25) is 5.02 Å². The smallest absolute Gasteiger partial charge is 0.126 e. The molecule has 0 saturated carbocycles. The first-order chi connectivity index (χ1) is 6.74. The third kappa shape index (κ3) is 3.62. The monoisotopic (exact) mass is 216 g/mol. The Morgan fingerprint density at radius 2 is 2.21 bits per heavy atom. The molecule has 4 heteroatoms. The van der Waals surface area contributed by atoms with E-state index in [9.17, 15) is 4.39 Å². The molecule has 0 unspecified atom stereocenters. The number of rotatable bonds is 5. The zero-order valence-corrected chi connectivity index (χ0v) is 8.87. The average Bonchev–Trinajstić information content (AvgIpc) is 2.18. The van der Waals surface area contributed by atoms with E-state index in [1.165, 1.54) is 6.07 Å². The van der Waals surface area contributed by atoms with E-state index in [1.807, 2.05) is 7.05 Å². The van der Waals surface area contributed by atoms with Crippen LogP contribution in [0.25, 0.3) is 0 Å². The first-order valence-corrected chi connectivity index (χ1v) is 4.91. The lowest BCUT2D eigenvalue weighted by atomic mass is 10.1. The van der Waals surface area contributed by atoms with Gasteiger partial charge in [0.05, 0.1) is 0 Å². The van der Waals surface area contributed by atoms with Gasteiger partial charge in [0.15, 0.2) is 0 Å². The molecule has 0 aliphatic carbocycles. The van der Waals surface area contributed by atoms with Crippen molar-refractivity contribution in [1.82, 2.24) is 10.6 Å². The summed E-state index contributed by atoms with van der Waals surface area (Å²) >= 11 is 5.76. The highest BCUT2D eigenvalue weighted by molar-refractivity contribution is 6.30. The summed E-state index contributed by atoms with van der Waals surface area (Å²) in [5, 5.41) is 6.64. The van der Waals surface area contributed by atoms with Gasteiger partial charge in [-0.05, 0) is 37.2 Å². The lowest BCUT2D eigenvalue weighted by Gasteiger charge is -2.05. The van der Waals surface area contributed by atoms with E-state index in [0.29, 0.717) is 17.0 Å². The van der Waals surface area contributed by atoms with Gasteiger partial charge in [-0.15, -0.1) is 0 Å². The third-order valence-electron chi connectivity index (χ3n) is 1.88. The fraction of sp³-hybridized carbons (Fsp3) is 0.400. The second-order valence-electron chi connectivity index (χ2n) is 3.02. The van der Waals surface area contributed by atoms with Gasteiger partial charge in [-0.3, -0.25) is 0 Å². The van der Waals surface area contributed by atoms with Crippen LogP contribution in [0.15, 0.2) is 18.2 Å². The molecule has 0 bridgehead atoms. The molecule has 0 aliphatic rings. The molecule has 1 aromatic rings. The summed E-state index contributed by atoms with van der Waals surface area (Å²) in [5.41, 5.74) is 0.654. The minimum Gasteiger partial charge on any atom is -0.308 e. The molecule has 0 fully saturated rings. The van der Waals surface area contributed by atoms with Crippen LogP contribution in [0.4, 0.5) is 4.39 Å². The molecule has 0 saturated heterocycles. The molecule has 2 N–H and O–H groups in total. The van der Waals surface area contributed by atoms with E-state index < -0.39 is 0 Å². The SMILES string of the molecule is CNCNCCc1cc(Cl)ccc1F. The fourth-order valence-corrected chi connectivity index (χ4v) is 1.37. The molecule has 0 radical (unpaired) electrons. The van der Waals surface area contributed by atoms with Crippen LogP contribution < -0.4 is 10.6 Å². The summed E-state index contributed by atoms with van der Waals surface area (Å²) in [4.78, 5) is 0. The van der Waals surface area contributed by atoms with E-state index in [2.05, 4.69) is 10.6 Å². The van der Waals surface area contributed by atoms with Crippen molar-refractivity contribution in [1.29, 1.82) is 0 Å². The van der Waals surface area contributed by atoms with Gasteiger partial charge in [-0.25, -0.2) is 4.39 Å². The van der Waals surface area contributed by atoms with E-state index in [0.717, 1.165) is 13.2 Å². The molecule has 0 spiro atoms. The third-order valence-corrected chi connectivity index (χ3v) is 2.12. The van der Waals surface area contributed by atoms with E-state index in [1.54, 1.807) is 12.1 Å².